The van der Waals surface area contributed by atoms with E-state index in [4.69, 9.17) is 45.6 Å². The third-order valence-electron chi connectivity index (χ3n) is 16.7. The SMILES string of the molecule is C=C(O)COc1cccc2c1c(C(=O)C(N)=O)c(C)n2COc1cc(OCCCCCCCCCCCCn2c(C)c(C(=O)C(N)=O)c3c(OCC(=O)O)cccc32)cc(OCCCCCCCCCCCCn2c(C)c(C(=O)C(N)=O)c3c(OCC(=O)O)cccc32)c1. The number of rotatable bonds is 46. The van der Waals surface area contributed by atoms with Gasteiger partial charge in [-0.1, -0.05) is 128 Å². The zero-order valence-corrected chi connectivity index (χ0v) is 54.1. The minimum Gasteiger partial charge on any atom is -0.509 e. The Labute approximate surface area is 546 Å². The number of primary amides is 3. The van der Waals surface area contributed by atoms with E-state index in [1.54, 1.807) is 79.9 Å². The van der Waals surface area contributed by atoms with Crippen molar-refractivity contribution in [1.82, 2.24) is 13.7 Å². The largest absolute Gasteiger partial charge is 0.509 e. The van der Waals surface area contributed by atoms with Crippen molar-refractivity contribution in [3.05, 3.63) is 119 Å². The van der Waals surface area contributed by atoms with E-state index >= 15 is 0 Å². The van der Waals surface area contributed by atoms with Crippen LogP contribution >= 0.6 is 0 Å². The Morgan fingerprint density at radius 2 is 0.670 bits per heavy atom. The molecule has 504 valence electrons. The van der Waals surface area contributed by atoms with Crippen LogP contribution in [0.25, 0.3) is 32.7 Å². The van der Waals surface area contributed by atoms with E-state index in [1.807, 2.05) is 27.3 Å². The fraction of sp³-hybridized carbons (Fsp3) is 0.437. The number of carbonyl (C=O) groups excluding carboxylic acids is 6. The van der Waals surface area contributed by atoms with Gasteiger partial charge in [0, 0.05) is 48.4 Å². The summed E-state index contributed by atoms with van der Waals surface area (Å²) in [7, 11) is 0. The Hall–Kier alpha value is -9.80. The van der Waals surface area contributed by atoms with Crippen molar-refractivity contribution < 1.29 is 82.1 Å². The zero-order valence-electron chi connectivity index (χ0n) is 54.1. The van der Waals surface area contributed by atoms with Gasteiger partial charge in [0.15, 0.2) is 19.9 Å². The number of fused-ring (bicyclic) bond motifs is 3. The predicted molar refractivity (Wildman–Crippen MR) is 355 cm³/mol. The lowest BCUT2D eigenvalue weighted by Gasteiger charge is -2.15. The molecule has 7 aromatic rings. The molecule has 3 amide bonds. The van der Waals surface area contributed by atoms with E-state index in [-0.39, 0.29) is 53.0 Å². The number of carboxylic acid groups (broad SMARTS) is 2. The number of amides is 3. The monoisotopic (exact) mass is 1300 g/mol. The maximum atomic E-state index is 13.3. The summed E-state index contributed by atoms with van der Waals surface area (Å²) in [5.41, 5.74) is 20.1. The summed E-state index contributed by atoms with van der Waals surface area (Å²) in [5, 5.41) is 29.3. The Morgan fingerprint density at radius 3 is 0.989 bits per heavy atom. The molecule has 0 radical (unpaired) electrons. The molecule has 0 aliphatic rings. The predicted octanol–water partition coefficient (Wildman–Crippen LogP) is 11.9. The molecule has 0 aliphatic heterocycles. The number of aliphatic carboxylic acids is 2. The Morgan fingerprint density at radius 1 is 0.383 bits per heavy atom. The third kappa shape index (κ3) is 19.2. The van der Waals surface area contributed by atoms with E-state index in [0.717, 1.165) is 128 Å². The normalized spacial score (nSPS) is 11.3. The highest BCUT2D eigenvalue weighted by Gasteiger charge is 2.30. The number of Topliss-reactive ketones (excluding diaryl/α,β-unsaturated/α-hetero) is 3. The number of hydrogen-bond donors (Lipinski definition) is 6. The minimum absolute atomic E-state index is 0.0654. The fourth-order valence-corrected chi connectivity index (χ4v) is 12.1. The molecule has 23 nitrogen and oxygen atoms in total. The molecule has 0 aliphatic carbocycles. The number of aliphatic hydroxyl groups is 1. The number of aromatic nitrogens is 3. The molecule has 9 N–H and O–H groups in total. The number of unbranched alkanes of at least 4 members (excludes halogenated alkanes) is 18. The van der Waals surface area contributed by atoms with Crippen LogP contribution < -0.4 is 45.6 Å². The maximum Gasteiger partial charge on any atom is 0.341 e. The van der Waals surface area contributed by atoms with Crippen molar-refractivity contribution in [2.24, 2.45) is 17.2 Å². The van der Waals surface area contributed by atoms with E-state index in [0.29, 0.717) is 93.3 Å². The van der Waals surface area contributed by atoms with Crippen molar-refractivity contribution in [2.75, 3.05) is 33.0 Å². The first kappa shape index (κ1) is 71.6. The second-order valence-corrected chi connectivity index (χ2v) is 23.5. The molecule has 0 spiro atoms. The quantitative estimate of drug-likeness (QED) is 0.00893. The van der Waals surface area contributed by atoms with Gasteiger partial charge in [0.25, 0.3) is 35.1 Å². The number of ether oxygens (including phenoxy) is 6. The first-order valence-electron chi connectivity index (χ1n) is 32.3. The molecular weight excluding hydrogens is 1210 g/mol. The number of nitrogens with zero attached hydrogens (tertiary/aromatic N) is 3. The Bertz CT molecular complexity index is 3700. The number of carbonyl (C=O) groups is 8. The molecule has 0 atom stereocenters. The molecule has 0 bridgehead atoms. The van der Waals surface area contributed by atoms with Gasteiger partial charge in [0.1, 0.15) is 46.9 Å². The highest BCUT2D eigenvalue weighted by molar-refractivity contribution is 6.46. The lowest BCUT2D eigenvalue weighted by molar-refractivity contribution is -0.140. The van der Waals surface area contributed by atoms with Gasteiger partial charge in [-0.15, -0.1) is 0 Å². The van der Waals surface area contributed by atoms with E-state index in [2.05, 4.69) is 6.58 Å². The van der Waals surface area contributed by atoms with Gasteiger partial charge >= 0.3 is 11.9 Å². The number of hydrogen-bond acceptors (Lipinski definition) is 15. The molecule has 0 saturated heterocycles. The van der Waals surface area contributed by atoms with E-state index in [9.17, 15) is 53.7 Å². The van der Waals surface area contributed by atoms with Crippen molar-refractivity contribution in [1.29, 1.82) is 0 Å². The number of nitrogens with two attached hydrogens (primary N) is 3. The van der Waals surface area contributed by atoms with Crippen molar-refractivity contribution in [2.45, 2.75) is 169 Å². The van der Waals surface area contributed by atoms with Crippen LogP contribution in [0.4, 0.5) is 0 Å². The number of benzene rings is 4. The molecule has 3 aromatic heterocycles. The number of aryl methyl sites for hydroxylation is 2. The molecule has 0 saturated carbocycles. The lowest BCUT2D eigenvalue weighted by atomic mass is 10.1. The van der Waals surface area contributed by atoms with Gasteiger partial charge < -0.3 is 74.6 Å². The zero-order chi connectivity index (χ0) is 67.8. The number of carboxylic acids is 2. The minimum atomic E-state index is -1.17. The molecule has 0 fully saturated rings. The van der Waals surface area contributed by atoms with Gasteiger partial charge in [0.2, 0.25) is 0 Å². The molecule has 23 heteroatoms. The number of ketones is 3. The molecule has 3 heterocycles. The summed E-state index contributed by atoms with van der Waals surface area (Å²) in [6.45, 7) is 9.34. The third-order valence-corrected chi connectivity index (χ3v) is 16.7. The van der Waals surface area contributed by atoms with Crippen LogP contribution in [0, 0.1) is 20.8 Å². The first-order valence-corrected chi connectivity index (χ1v) is 32.3. The van der Waals surface area contributed by atoms with E-state index in [1.165, 1.54) is 0 Å². The van der Waals surface area contributed by atoms with Gasteiger partial charge in [-0.2, -0.15) is 0 Å². The van der Waals surface area contributed by atoms with Gasteiger partial charge in [-0.05, 0) is 82.9 Å². The molecule has 94 heavy (non-hydrogen) atoms. The highest BCUT2D eigenvalue weighted by atomic mass is 16.5. The van der Waals surface area contributed by atoms with Crippen LogP contribution in [-0.4, -0.2) is 109 Å². The smallest absolute Gasteiger partial charge is 0.341 e. The van der Waals surface area contributed by atoms with Gasteiger partial charge in [-0.25, -0.2) is 9.59 Å². The van der Waals surface area contributed by atoms with Crippen molar-refractivity contribution in [3.63, 3.8) is 0 Å². The highest BCUT2D eigenvalue weighted by Crippen LogP contribution is 2.38. The van der Waals surface area contributed by atoms with Crippen LogP contribution in [0.5, 0.6) is 34.5 Å². The topological polar surface area (TPSA) is 345 Å². The molecule has 4 aromatic carbocycles. The summed E-state index contributed by atoms with van der Waals surface area (Å²) in [6.07, 6.45) is 20.2. The Balaban J connectivity index is 0.859. The van der Waals surface area contributed by atoms with Crippen molar-refractivity contribution >= 4 is 79.7 Å². The Kier molecular flexibility index (Phi) is 26.9. The van der Waals surface area contributed by atoms with Crippen LogP contribution in [0.2, 0.25) is 0 Å². The van der Waals surface area contributed by atoms with Crippen molar-refractivity contribution in [3.8, 4) is 34.5 Å². The number of aliphatic hydroxyl groups excluding tert-OH is 1. The fourth-order valence-electron chi connectivity index (χ4n) is 12.1. The average molecular weight is 1300 g/mol. The summed E-state index contributed by atoms with van der Waals surface area (Å²) in [5.74, 6) is -6.22. The van der Waals surface area contributed by atoms with Gasteiger partial charge in [0.05, 0.1) is 62.6 Å². The van der Waals surface area contributed by atoms with Crippen LogP contribution in [-0.2, 0) is 43.8 Å². The molecular formula is C71H88N6O17. The van der Waals surface area contributed by atoms with Crippen LogP contribution in [0.15, 0.2) is 85.1 Å². The average Bonchev–Trinajstić information content (AvgIpc) is 1.63. The van der Waals surface area contributed by atoms with Crippen LogP contribution in [0.1, 0.15) is 177 Å². The second-order valence-electron chi connectivity index (χ2n) is 23.5. The molecule has 0 unspecified atom stereocenters. The second kappa shape index (κ2) is 35.3. The summed E-state index contributed by atoms with van der Waals surface area (Å²) in [6, 6.07) is 20.8. The lowest BCUT2D eigenvalue weighted by Crippen LogP contribution is -2.24. The standard InChI is InChI=1S/C71H88N6O17/c1-45(78)41-91-55-31-27-30-54-65(55)62(68(85)71(74)88)48(4)77(54)44-94-51-39-49(89-36-23-19-15-11-7-5-9-13-17-21-34-75-46(2)60(66(83)69(72)86)63-52(75)28-25-32-56(63)92-42-58(79)80)38-50(40-51)90-37-24-20-16-12-8-6-10-14-18-22-35-76-47(3)61(67(84)70(73)87)64-53(76)29-26-33-57(64)93-43-59(81)82/h25-33,38-40,78H,1,5-24,34-37,41-44H2,2-4H3,(H2,72,86)(H2,73,87)(H2,74,88)(H,79,80)(H,81,82). The summed E-state index contributed by atoms with van der Waals surface area (Å²) >= 11 is 0. The van der Waals surface area contributed by atoms with Gasteiger partial charge in [-0.3, -0.25) is 28.8 Å². The van der Waals surface area contributed by atoms with E-state index < -0.39 is 60.2 Å². The molecule has 7 rings (SSSR count). The summed E-state index contributed by atoms with van der Waals surface area (Å²) in [4.78, 5) is 97.9. The maximum absolute atomic E-state index is 13.3. The summed E-state index contributed by atoms with van der Waals surface area (Å²) < 4.78 is 41.5. The first-order chi connectivity index (χ1) is 45.2. The van der Waals surface area contributed by atoms with Crippen LogP contribution in [0.3, 0.4) is 0 Å².